The van der Waals surface area contributed by atoms with Gasteiger partial charge in [0.2, 0.25) is 12.0 Å². The minimum Gasteiger partial charge on any atom is -0.478 e. The van der Waals surface area contributed by atoms with Crippen molar-refractivity contribution in [2.45, 2.75) is 18.4 Å². The smallest absolute Gasteiger partial charge is 0.319 e. The average molecular weight is 295 g/mol. The second-order valence-corrected chi connectivity index (χ2v) is 4.40. The van der Waals surface area contributed by atoms with Crippen molar-refractivity contribution in [3.05, 3.63) is 24.4 Å². The summed E-state index contributed by atoms with van der Waals surface area (Å²) in [5.41, 5.74) is 6.35. The molecule has 1 aliphatic rings. The Morgan fingerprint density at radius 1 is 1.38 bits per heavy atom. The van der Waals surface area contributed by atoms with Gasteiger partial charge < -0.3 is 30.5 Å². The largest absolute Gasteiger partial charge is 0.478 e. The zero-order valence-electron chi connectivity index (χ0n) is 10.9. The Hall–Kier alpha value is -2.59. The van der Waals surface area contributed by atoms with E-state index >= 15 is 0 Å². The van der Waals surface area contributed by atoms with E-state index in [0.29, 0.717) is 11.2 Å². The van der Waals surface area contributed by atoms with Crippen LogP contribution < -0.4 is 5.73 Å². The van der Waals surface area contributed by atoms with Crippen molar-refractivity contribution < 1.29 is 24.8 Å². The Kier molecular flexibility index (Phi) is 3.03. The highest BCUT2D eigenvalue weighted by atomic mass is 16.6. The van der Waals surface area contributed by atoms with E-state index in [1.54, 1.807) is 0 Å². The van der Waals surface area contributed by atoms with Crippen molar-refractivity contribution in [2.24, 2.45) is 0 Å². The molecule has 5 N–H and O–H groups in total. The fraction of sp³-hybridized carbons (Fsp3) is 0.364. The number of nitrogens with two attached hydrogens (primary N) is 1. The van der Waals surface area contributed by atoms with E-state index in [1.807, 2.05) is 0 Å². The van der Waals surface area contributed by atoms with Gasteiger partial charge in [0, 0.05) is 0 Å². The van der Waals surface area contributed by atoms with Crippen LogP contribution in [-0.4, -0.2) is 54.2 Å². The van der Waals surface area contributed by atoms with Crippen LogP contribution in [0.4, 0.5) is 5.82 Å². The van der Waals surface area contributed by atoms with Crippen molar-refractivity contribution in [3.8, 4) is 0 Å². The molecule has 0 unspecified atom stereocenters. The van der Waals surface area contributed by atoms with Crippen LogP contribution in [0, 0.1) is 0 Å². The van der Waals surface area contributed by atoms with Gasteiger partial charge in [-0.2, -0.15) is 0 Å². The molecule has 3 atom stereocenters. The predicted octanol–water partition coefficient (Wildman–Crippen LogP) is -0.967. The van der Waals surface area contributed by atoms with E-state index < -0.39 is 24.4 Å². The molecule has 21 heavy (non-hydrogen) atoms. The van der Waals surface area contributed by atoms with Crippen LogP contribution in [0.25, 0.3) is 11.2 Å². The minimum absolute atomic E-state index is 0.183. The van der Waals surface area contributed by atoms with E-state index in [4.69, 9.17) is 10.5 Å². The molecule has 0 amide bonds. The molecule has 10 heteroatoms. The molecule has 0 spiro atoms. The number of ether oxygens (including phenoxy) is 2. The average Bonchev–Trinajstić information content (AvgIpc) is 3.02. The molecule has 0 bridgehead atoms. The fourth-order valence-corrected chi connectivity index (χ4v) is 2.14. The number of anilines is 1. The van der Waals surface area contributed by atoms with Gasteiger partial charge in [-0.25, -0.2) is 15.0 Å². The van der Waals surface area contributed by atoms with E-state index in [-0.39, 0.29) is 11.6 Å². The molecule has 1 saturated heterocycles. The lowest BCUT2D eigenvalue weighted by Crippen LogP contribution is -2.28. The number of nitrogen functional groups attached to an aromatic ring is 1. The third-order valence-electron chi connectivity index (χ3n) is 3.20. The van der Waals surface area contributed by atoms with Crippen LogP contribution in [0.2, 0.25) is 0 Å². The highest BCUT2D eigenvalue weighted by Crippen LogP contribution is 2.35. The lowest BCUT2D eigenvalue weighted by atomic mass is 10.2. The number of aromatic nitrogens is 4. The van der Waals surface area contributed by atoms with Crippen molar-refractivity contribution in [2.75, 3.05) is 12.8 Å². The topological polar surface area (TPSA) is 149 Å². The van der Waals surface area contributed by atoms with E-state index in [9.17, 15) is 15.3 Å². The van der Waals surface area contributed by atoms with Gasteiger partial charge in [-0.1, -0.05) is 0 Å². The Morgan fingerprint density at radius 2 is 2.14 bits per heavy atom. The second-order valence-electron chi connectivity index (χ2n) is 4.40. The molecule has 3 heterocycles. The summed E-state index contributed by atoms with van der Waals surface area (Å²) in [6, 6.07) is 0. The summed E-state index contributed by atoms with van der Waals surface area (Å²) in [4.78, 5) is 11.9. The van der Waals surface area contributed by atoms with Crippen LogP contribution in [-0.2, 0) is 9.47 Å². The molecule has 0 saturated carbocycles. The minimum atomic E-state index is -1.44. The van der Waals surface area contributed by atoms with Gasteiger partial charge in [-0.3, -0.25) is 4.57 Å². The first-order valence-corrected chi connectivity index (χ1v) is 5.97. The summed E-state index contributed by atoms with van der Waals surface area (Å²) in [5.74, 6) is -0.691. The lowest BCUT2D eigenvalue weighted by Gasteiger charge is -2.15. The Labute approximate surface area is 118 Å². The van der Waals surface area contributed by atoms with Gasteiger partial charge >= 0.3 is 5.95 Å². The molecule has 10 nitrogen and oxygen atoms in total. The van der Waals surface area contributed by atoms with Crippen LogP contribution in [0.3, 0.4) is 0 Å². The van der Waals surface area contributed by atoms with Crippen LogP contribution in [0.1, 0.15) is 6.23 Å². The monoisotopic (exact) mass is 295 g/mol. The molecule has 1 aliphatic heterocycles. The highest BCUT2D eigenvalue weighted by molar-refractivity contribution is 5.81. The molecule has 3 rings (SSSR count). The van der Waals surface area contributed by atoms with Gasteiger partial charge in [0.15, 0.2) is 11.5 Å². The fourth-order valence-electron chi connectivity index (χ4n) is 2.14. The first-order valence-electron chi connectivity index (χ1n) is 5.97. The zero-order valence-corrected chi connectivity index (χ0v) is 10.9. The maximum Gasteiger partial charge on any atom is 0.319 e. The zero-order chi connectivity index (χ0) is 15.1. The number of rotatable bonds is 2. The quantitative estimate of drug-likeness (QED) is 0.513. The number of methoxy groups -OCH3 is 1. The van der Waals surface area contributed by atoms with Gasteiger partial charge in [-0.05, 0) is 0 Å². The van der Waals surface area contributed by atoms with Crippen molar-refractivity contribution in [3.63, 3.8) is 0 Å². The van der Waals surface area contributed by atoms with Gasteiger partial charge in [0.25, 0.3) is 0 Å². The SMILES string of the molecule is COC(O)=C1O[C@@H](n2cnc3c(N)ncnc32)[C@H](O)[C@@H]1O. The van der Waals surface area contributed by atoms with Gasteiger partial charge in [0.1, 0.15) is 30.4 Å². The van der Waals surface area contributed by atoms with Crippen molar-refractivity contribution in [1.29, 1.82) is 0 Å². The number of aliphatic hydroxyl groups excluding tert-OH is 3. The number of aliphatic hydroxyl groups is 3. The molecule has 0 aliphatic carbocycles. The molecule has 2 aromatic rings. The maximum absolute atomic E-state index is 10.1. The molecule has 0 radical (unpaired) electrons. The summed E-state index contributed by atoms with van der Waals surface area (Å²) in [6.45, 7) is 0. The predicted molar refractivity (Wildman–Crippen MR) is 68.5 cm³/mol. The number of nitrogens with zero attached hydrogens (tertiary/aromatic N) is 4. The van der Waals surface area contributed by atoms with E-state index in [0.717, 1.165) is 0 Å². The first-order chi connectivity index (χ1) is 10.0. The Balaban J connectivity index is 2.06. The molecule has 2 aromatic heterocycles. The Bertz CT molecular complexity index is 714. The molecular weight excluding hydrogens is 282 g/mol. The third kappa shape index (κ3) is 1.92. The van der Waals surface area contributed by atoms with Crippen molar-refractivity contribution >= 4 is 17.0 Å². The summed E-state index contributed by atoms with van der Waals surface area (Å²) >= 11 is 0. The normalized spacial score (nSPS) is 27.7. The van der Waals surface area contributed by atoms with Crippen LogP contribution in [0.15, 0.2) is 24.4 Å². The van der Waals surface area contributed by atoms with Crippen LogP contribution in [0.5, 0.6) is 0 Å². The second kappa shape index (κ2) is 4.75. The first kappa shape index (κ1) is 13.4. The van der Waals surface area contributed by atoms with Gasteiger partial charge in [0.05, 0.1) is 7.11 Å². The number of imidazole rings is 1. The third-order valence-corrected chi connectivity index (χ3v) is 3.20. The van der Waals surface area contributed by atoms with E-state index in [1.165, 1.54) is 24.3 Å². The van der Waals surface area contributed by atoms with Gasteiger partial charge in [-0.15, -0.1) is 0 Å². The lowest BCUT2D eigenvalue weighted by molar-refractivity contribution is -0.0137. The number of fused-ring (bicyclic) bond motifs is 1. The Morgan fingerprint density at radius 3 is 2.86 bits per heavy atom. The highest BCUT2D eigenvalue weighted by Gasteiger charge is 2.44. The number of hydrogen-bond acceptors (Lipinski definition) is 9. The molecule has 0 aromatic carbocycles. The van der Waals surface area contributed by atoms with Crippen LogP contribution >= 0.6 is 0 Å². The maximum atomic E-state index is 10.1. The molecule has 112 valence electrons. The summed E-state index contributed by atoms with van der Waals surface area (Å²) < 4.78 is 11.3. The summed E-state index contributed by atoms with van der Waals surface area (Å²) in [6.07, 6.45) is -1.22. The summed E-state index contributed by atoms with van der Waals surface area (Å²) in [5, 5.41) is 29.5. The number of hydrogen-bond donors (Lipinski definition) is 4. The molecule has 1 fully saturated rings. The van der Waals surface area contributed by atoms with Crippen molar-refractivity contribution in [1.82, 2.24) is 19.5 Å². The standard InChI is InChI=1S/C11H13N5O5/c1-20-11(19)7-5(17)6(18)10(21-7)16-3-15-4-8(12)13-2-14-9(4)16/h2-3,5-6,10,17-19H,1H3,(H2,12,13,14)/t5-,6+,10+/m0/s1. The molecular formula is C11H13N5O5. The summed E-state index contributed by atoms with van der Waals surface area (Å²) in [7, 11) is 1.21. The van der Waals surface area contributed by atoms with E-state index in [2.05, 4.69) is 19.7 Å².